The molecule has 0 fully saturated rings. The van der Waals surface area contributed by atoms with Crippen molar-refractivity contribution >= 4 is 23.7 Å². The van der Waals surface area contributed by atoms with E-state index >= 15 is 0 Å². The van der Waals surface area contributed by atoms with Gasteiger partial charge in [0.05, 0.1) is 5.56 Å². The topological polar surface area (TPSA) is 105 Å². The molecule has 0 aliphatic heterocycles. The minimum Gasteiger partial charge on any atom is -0.478 e. The zero-order valence-corrected chi connectivity index (χ0v) is 19.0. The lowest BCUT2D eigenvalue weighted by Crippen LogP contribution is -2.46. The Morgan fingerprint density at radius 1 is 0.912 bits per heavy atom. The molecular formula is C27H26N2O5. The molecule has 0 atom stereocenters. The molecule has 0 bridgehead atoms. The van der Waals surface area contributed by atoms with Crippen LogP contribution in [0.15, 0.2) is 72.8 Å². The van der Waals surface area contributed by atoms with E-state index in [9.17, 15) is 14.4 Å². The molecule has 3 N–H and O–H groups in total. The van der Waals surface area contributed by atoms with Crippen molar-refractivity contribution in [3.63, 3.8) is 0 Å². The van der Waals surface area contributed by atoms with E-state index in [2.05, 4.69) is 34.9 Å². The molecule has 4 rings (SSSR count). The van der Waals surface area contributed by atoms with Crippen LogP contribution in [0, 0.1) is 0 Å². The minimum atomic E-state index is -1.08. The Kier molecular flexibility index (Phi) is 6.36. The molecule has 0 saturated carbocycles. The number of carboxylic acids is 1. The molecule has 3 aromatic rings. The van der Waals surface area contributed by atoms with Crippen LogP contribution in [0.4, 0.5) is 10.5 Å². The summed E-state index contributed by atoms with van der Waals surface area (Å²) in [5, 5.41) is 14.5. The summed E-state index contributed by atoms with van der Waals surface area (Å²) in [6.07, 6.45) is -0.623. The molecule has 0 unspecified atom stereocenters. The highest BCUT2D eigenvalue weighted by atomic mass is 16.5. The predicted octanol–water partition coefficient (Wildman–Crippen LogP) is 5.03. The van der Waals surface area contributed by atoms with E-state index in [0.29, 0.717) is 5.69 Å². The molecule has 3 aromatic carbocycles. The van der Waals surface area contributed by atoms with Crippen LogP contribution < -0.4 is 10.6 Å². The van der Waals surface area contributed by atoms with Gasteiger partial charge >= 0.3 is 12.1 Å². The normalized spacial score (nSPS) is 12.4. The van der Waals surface area contributed by atoms with Gasteiger partial charge in [0, 0.05) is 23.6 Å². The molecule has 0 heterocycles. The lowest BCUT2D eigenvalue weighted by Gasteiger charge is -2.26. The van der Waals surface area contributed by atoms with Gasteiger partial charge in [-0.15, -0.1) is 0 Å². The maximum absolute atomic E-state index is 12.6. The van der Waals surface area contributed by atoms with E-state index in [0.717, 1.165) is 22.3 Å². The van der Waals surface area contributed by atoms with E-state index in [1.54, 1.807) is 26.0 Å². The first-order valence-electron chi connectivity index (χ1n) is 11.0. The van der Waals surface area contributed by atoms with Crippen molar-refractivity contribution in [3.8, 4) is 11.1 Å². The summed E-state index contributed by atoms with van der Waals surface area (Å²) in [6.45, 7) is 3.63. The second-order valence-corrected chi connectivity index (χ2v) is 8.95. The van der Waals surface area contributed by atoms with E-state index in [-0.39, 0.29) is 30.4 Å². The third-order valence-electron chi connectivity index (χ3n) is 5.78. The van der Waals surface area contributed by atoms with Crippen molar-refractivity contribution in [2.75, 3.05) is 11.9 Å². The summed E-state index contributed by atoms with van der Waals surface area (Å²) in [5.41, 5.74) is 4.12. The van der Waals surface area contributed by atoms with Gasteiger partial charge in [0.2, 0.25) is 5.91 Å². The van der Waals surface area contributed by atoms with E-state index in [1.165, 1.54) is 12.1 Å². The molecule has 174 valence electrons. The number of benzene rings is 3. The largest absolute Gasteiger partial charge is 0.478 e. The maximum atomic E-state index is 12.6. The number of fused-ring (bicyclic) bond motifs is 3. The Balaban J connectivity index is 1.34. The van der Waals surface area contributed by atoms with Gasteiger partial charge in [-0.05, 0) is 54.3 Å². The number of hydrogen-bond acceptors (Lipinski definition) is 4. The number of anilines is 1. The number of carbonyl (C=O) groups excluding carboxylic acids is 2. The van der Waals surface area contributed by atoms with Crippen molar-refractivity contribution in [2.24, 2.45) is 0 Å². The van der Waals surface area contributed by atoms with Crippen LogP contribution in [0.3, 0.4) is 0 Å². The van der Waals surface area contributed by atoms with Crippen LogP contribution in [-0.2, 0) is 9.53 Å². The lowest BCUT2D eigenvalue weighted by molar-refractivity contribution is -0.117. The second kappa shape index (κ2) is 9.39. The first-order valence-corrected chi connectivity index (χ1v) is 11.0. The lowest BCUT2D eigenvalue weighted by atomic mass is 9.98. The third-order valence-corrected chi connectivity index (χ3v) is 5.78. The van der Waals surface area contributed by atoms with E-state index in [4.69, 9.17) is 9.84 Å². The molecule has 1 aliphatic rings. The van der Waals surface area contributed by atoms with Crippen molar-refractivity contribution < 1.29 is 24.2 Å². The quantitative estimate of drug-likeness (QED) is 0.461. The summed E-state index contributed by atoms with van der Waals surface area (Å²) in [4.78, 5) is 36.2. The minimum absolute atomic E-state index is 0.0194. The van der Waals surface area contributed by atoms with E-state index < -0.39 is 17.6 Å². The molecule has 0 saturated heterocycles. The zero-order chi connectivity index (χ0) is 24.3. The van der Waals surface area contributed by atoms with Crippen LogP contribution in [0.1, 0.15) is 47.7 Å². The van der Waals surface area contributed by atoms with Crippen LogP contribution in [0.25, 0.3) is 11.1 Å². The number of amides is 2. The van der Waals surface area contributed by atoms with Crippen LogP contribution in [0.2, 0.25) is 0 Å². The highest BCUT2D eigenvalue weighted by Crippen LogP contribution is 2.44. The molecule has 1 aliphatic carbocycles. The molecule has 34 heavy (non-hydrogen) atoms. The molecule has 7 nitrogen and oxygen atoms in total. The highest BCUT2D eigenvalue weighted by molar-refractivity contribution is 5.94. The summed E-state index contributed by atoms with van der Waals surface area (Å²) in [6, 6.07) is 22.2. The molecule has 0 aromatic heterocycles. The summed E-state index contributed by atoms with van der Waals surface area (Å²) in [5.74, 6) is -1.48. The van der Waals surface area contributed by atoms with Gasteiger partial charge in [0.1, 0.15) is 6.61 Å². The van der Waals surface area contributed by atoms with Crippen LogP contribution in [-0.4, -0.2) is 35.2 Å². The molecular weight excluding hydrogens is 432 g/mol. The third kappa shape index (κ3) is 5.09. The first-order chi connectivity index (χ1) is 16.2. The average molecular weight is 459 g/mol. The van der Waals surface area contributed by atoms with Gasteiger partial charge in [-0.25, -0.2) is 9.59 Å². The highest BCUT2D eigenvalue weighted by Gasteiger charge is 2.30. The van der Waals surface area contributed by atoms with Crippen LogP contribution >= 0.6 is 0 Å². The van der Waals surface area contributed by atoms with Crippen molar-refractivity contribution in [3.05, 3.63) is 89.5 Å². The Morgan fingerprint density at radius 2 is 1.53 bits per heavy atom. The number of carbonyl (C=O) groups is 3. The Hall–Kier alpha value is -4.13. The number of carboxylic acid groups (broad SMARTS) is 1. The SMILES string of the molecule is CC(C)(CC(=O)Nc1cccc(C(=O)O)c1)NC(=O)OCC1c2ccccc2-c2ccccc21. The fraction of sp³-hybridized carbons (Fsp3) is 0.222. The number of rotatable bonds is 7. The molecule has 7 heteroatoms. The molecule has 0 radical (unpaired) electrons. The Labute approximate surface area is 197 Å². The van der Waals surface area contributed by atoms with Gasteiger partial charge in [0.15, 0.2) is 0 Å². The molecule has 2 amide bonds. The Bertz CT molecular complexity index is 1210. The number of ether oxygens (including phenoxy) is 1. The predicted molar refractivity (Wildman–Crippen MR) is 129 cm³/mol. The summed E-state index contributed by atoms with van der Waals surface area (Å²) in [7, 11) is 0. The number of alkyl carbamates (subject to hydrolysis) is 1. The van der Waals surface area contributed by atoms with Gasteiger partial charge in [-0.2, -0.15) is 0 Å². The fourth-order valence-electron chi connectivity index (χ4n) is 4.29. The number of aromatic carboxylic acids is 1. The summed E-state index contributed by atoms with van der Waals surface area (Å²) < 4.78 is 5.57. The van der Waals surface area contributed by atoms with Crippen molar-refractivity contribution in [1.82, 2.24) is 5.32 Å². The van der Waals surface area contributed by atoms with Gasteiger partial charge in [-0.1, -0.05) is 54.6 Å². The van der Waals surface area contributed by atoms with Gasteiger partial charge < -0.3 is 20.5 Å². The standard InChI is InChI=1S/C27H26N2O5/c1-27(2,15-24(30)28-18-9-7-8-17(14-18)25(31)32)29-26(33)34-16-23-21-12-5-3-10-19(21)20-11-4-6-13-22(20)23/h3-14,23H,15-16H2,1-2H3,(H,28,30)(H,29,33)(H,31,32). The first kappa shape index (κ1) is 23.0. The van der Waals surface area contributed by atoms with Crippen molar-refractivity contribution in [1.29, 1.82) is 0 Å². The van der Waals surface area contributed by atoms with Gasteiger partial charge in [-0.3, -0.25) is 4.79 Å². The number of hydrogen-bond donors (Lipinski definition) is 3. The molecule has 0 spiro atoms. The fourth-order valence-corrected chi connectivity index (χ4v) is 4.29. The number of nitrogens with one attached hydrogen (secondary N) is 2. The monoisotopic (exact) mass is 458 g/mol. The van der Waals surface area contributed by atoms with Crippen LogP contribution in [0.5, 0.6) is 0 Å². The zero-order valence-electron chi connectivity index (χ0n) is 19.0. The second-order valence-electron chi connectivity index (χ2n) is 8.95. The van der Waals surface area contributed by atoms with E-state index in [1.807, 2.05) is 24.3 Å². The smallest absolute Gasteiger partial charge is 0.407 e. The Morgan fingerprint density at radius 3 is 2.15 bits per heavy atom. The maximum Gasteiger partial charge on any atom is 0.407 e. The summed E-state index contributed by atoms with van der Waals surface area (Å²) >= 11 is 0. The van der Waals surface area contributed by atoms with Gasteiger partial charge in [0.25, 0.3) is 0 Å². The van der Waals surface area contributed by atoms with Crippen molar-refractivity contribution in [2.45, 2.75) is 31.7 Å². The average Bonchev–Trinajstić information content (AvgIpc) is 3.11.